The lowest BCUT2D eigenvalue weighted by atomic mass is 10.1. The average Bonchev–Trinajstić information content (AvgIpc) is 3.32. The van der Waals surface area contributed by atoms with Gasteiger partial charge in [0.1, 0.15) is 5.82 Å². The minimum atomic E-state index is -4.64. The lowest BCUT2D eigenvalue weighted by molar-refractivity contribution is -0.137. The van der Waals surface area contributed by atoms with Crippen LogP contribution in [-0.4, -0.2) is 16.0 Å². The summed E-state index contributed by atoms with van der Waals surface area (Å²) in [6.07, 6.45) is 0.535. The third-order valence-electron chi connectivity index (χ3n) is 5.49. The Kier molecular flexibility index (Phi) is 6.45. The second-order valence-corrected chi connectivity index (χ2v) is 9.46. The standard InChI is InChI=1S/C26H17ClF3N5OS/c27-21-7-6-17(10-20(21)26(28,29)30)35-25(36)34-16-5-1-3-14(9-16)22-11-18-23(37-22)19(13-33-24(18)31)15-4-2-8-32-12-15/h1-13H,(H2,31,33)(H2,34,35,36). The van der Waals surface area contributed by atoms with Crippen molar-refractivity contribution in [1.82, 2.24) is 9.97 Å². The number of aromatic nitrogens is 2. The normalized spacial score (nSPS) is 11.5. The minimum absolute atomic E-state index is 0.0409. The molecule has 5 rings (SSSR count). The van der Waals surface area contributed by atoms with Gasteiger partial charge in [0.15, 0.2) is 0 Å². The second-order valence-electron chi connectivity index (χ2n) is 8.00. The second kappa shape index (κ2) is 9.72. The van der Waals surface area contributed by atoms with Gasteiger partial charge in [-0.25, -0.2) is 9.78 Å². The van der Waals surface area contributed by atoms with Crippen molar-refractivity contribution in [2.24, 2.45) is 0 Å². The van der Waals surface area contributed by atoms with Crippen molar-refractivity contribution < 1.29 is 18.0 Å². The third kappa shape index (κ3) is 5.20. The van der Waals surface area contributed by atoms with Gasteiger partial charge in [-0.1, -0.05) is 29.8 Å². The summed E-state index contributed by atoms with van der Waals surface area (Å²) >= 11 is 7.17. The molecule has 0 spiro atoms. The fraction of sp³-hybridized carbons (Fsp3) is 0.0385. The number of alkyl halides is 3. The van der Waals surface area contributed by atoms with E-state index in [-0.39, 0.29) is 5.69 Å². The van der Waals surface area contributed by atoms with Gasteiger partial charge in [-0.2, -0.15) is 13.2 Å². The summed E-state index contributed by atoms with van der Waals surface area (Å²) in [5.41, 5.74) is 8.17. The van der Waals surface area contributed by atoms with Gasteiger partial charge in [-0.3, -0.25) is 4.98 Å². The van der Waals surface area contributed by atoms with E-state index in [1.54, 1.807) is 36.8 Å². The molecule has 2 aromatic carbocycles. The number of halogens is 4. The molecule has 11 heteroatoms. The Labute approximate surface area is 217 Å². The molecule has 3 heterocycles. The average molecular weight is 540 g/mol. The molecule has 0 saturated carbocycles. The molecule has 0 aliphatic heterocycles. The number of hydrogen-bond donors (Lipinski definition) is 3. The number of fused-ring (bicyclic) bond motifs is 1. The summed E-state index contributed by atoms with van der Waals surface area (Å²) < 4.78 is 40.3. The van der Waals surface area contributed by atoms with Crippen LogP contribution in [0.25, 0.3) is 31.7 Å². The first kappa shape index (κ1) is 24.5. The van der Waals surface area contributed by atoms with Crippen LogP contribution in [0.15, 0.2) is 79.3 Å². The molecule has 5 aromatic rings. The zero-order chi connectivity index (χ0) is 26.2. The number of benzene rings is 2. The van der Waals surface area contributed by atoms with Crippen molar-refractivity contribution in [2.75, 3.05) is 16.4 Å². The number of carbonyl (C=O) groups is 1. The molecule has 0 aliphatic rings. The van der Waals surface area contributed by atoms with E-state index >= 15 is 0 Å². The summed E-state index contributed by atoms with van der Waals surface area (Å²) in [5, 5.41) is 5.42. The Hall–Kier alpha value is -4.15. The number of amides is 2. The van der Waals surface area contributed by atoms with E-state index < -0.39 is 22.8 Å². The Morgan fingerprint density at radius 2 is 1.70 bits per heavy atom. The van der Waals surface area contributed by atoms with E-state index in [9.17, 15) is 18.0 Å². The van der Waals surface area contributed by atoms with Gasteiger partial charge < -0.3 is 16.4 Å². The van der Waals surface area contributed by atoms with E-state index in [2.05, 4.69) is 20.6 Å². The van der Waals surface area contributed by atoms with Crippen molar-refractivity contribution in [3.8, 4) is 21.6 Å². The quantitative estimate of drug-likeness (QED) is 0.216. The number of carbonyl (C=O) groups excluding carboxylic acids is 1. The topological polar surface area (TPSA) is 92.9 Å². The Balaban J connectivity index is 1.40. The molecule has 0 saturated heterocycles. The van der Waals surface area contributed by atoms with Gasteiger partial charge in [0.05, 0.1) is 10.6 Å². The highest BCUT2D eigenvalue weighted by Gasteiger charge is 2.33. The van der Waals surface area contributed by atoms with E-state index in [0.717, 1.165) is 43.8 Å². The lowest BCUT2D eigenvalue weighted by Gasteiger charge is -2.12. The molecular formula is C26H17ClF3N5OS. The van der Waals surface area contributed by atoms with Crippen molar-refractivity contribution in [2.45, 2.75) is 6.18 Å². The smallest absolute Gasteiger partial charge is 0.383 e. The number of urea groups is 1. The first-order valence-electron chi connectivity index (χ1n) is 10.8. The highest BCUT2D eigenvalue weighted by Crippen LogP contribution is 2.41. The van der Waals surface area contributed by atoms with Crippen LogP contribution < -0.4 is 16.4 Å². The summed E-state index contributed by atoms with van der Waals surface area (Å²) in [6.45, 7) is 0. The number of pyridine rings is 2. The summed E-state index contributed by atoms with van der Waals surface area (Å²) in [7, 11) is 0. The molecule has 3 aromatic heterocycles. The number of rotatable bonds is 4. The zero-order valence-corrected chi connectivity index (χ0v) is 20.4. The Bertz CT molecular complexity index is 1620. The van der Waals surface area contributed by atoms with Gasteiger partial charge >= 0.3 is 12.2 Å². The molecule has 6 nitrogen and oxygen atoms in total. The fourth-order valence-corrected chi connectivity index (χ4v) is 5.20. The molecule has 0 bridgehead atoms. The van der Waals surface area contributed by atoms with E-state index in [4.69, 9.17) is 17.3 Å². The number of nitrogens with one attached hydrogen (secondary N) is 2. The van der Waals surface area contributed by atoms with Crippen LogP contribution in [0.3, 0.4) is 0 Å². The number of thiophene rings is 1. The predicted octanol–water partition coefficient (Wildman–Crippen LogP) is 7.92. The van der Waals surface area contributed by atoms with Crippen molar-refractivity contribution in [3.05, 3.63) is 89.8 Å². The molecule has 0 fully saturated rings. The zero-order valence-electron chi connectivity index (χ0n) is 18.8. The van der Waals surface area contributed by atoms with Crippen LogP contribution in [0.2, 0.25) is 5.02 Å². The fourth-order valence-electron chi connectivity index (χ4n) is 3.78. The lowest BCUT2D eigenvalue weighted by Crippen LogP contribution is -2.20. The van der Waals surface area contributed by atoms with Gasteiger partial charge in [-0.15, -0.1) is 11.3 Å². The SMILES string of the molecule is Nc1ncc(-c2cccnc2)c2sc(-c3cccc(NC(=O)Nc4ccc(Cl)c(C(F)(F)F)c4)c3)cc12. The predicted molar refractivity (Wildman–Crippen MR) is 142 cm³/mol. The van der Waals surface area contributed by atoms with Gasteiger partial charge in [0.25, 0.3) is 0 Å². The first-order valence-corrected chi connectivity index (χ1v) is 12.0. The minimum Gasteiger partial charge on any atom is -0.383 e. The van der Waals surface area contributed by atoms with Crippen molar-refractivity contribution >= 4 is 56.2 Å². The maximum absolute atomic E-state index is 13.1. The number of nitrogens with zero attached hydrogens (tertiary/aromatic N) is 2. The molecule has 4 N–H and O–H groups in total. The number of anilines is 3. The van der Waals surface area contributed by atoms with E-state index in [1.165, 1.54) is 17.4 Å². The number of nitrogens with two attached hydrogens (primary N) is 1. The first-order chi connectivity index (χ1) is 17.7. The summed E-state index contributed by atoms with van der Waals surface area (Å²) in [4.78, 5) is 21.9. The maximum atomic E-state index is 13.1. The van der Waals surface area contributed by atoms with Gasteiger partial charge in [-0.05, 0) is 48.0 Å². The molecular weight excluding hydrogens is 523 g/mol. The Morgan fingerprint density at radius 1 is 0.946 bits per heavy atom. The van der Waals surface area contributed by atoms with E-state index in [0.29, 0.717) is 11.5 Å². The molecule has 2 amide bonds. The summed E-state index contributed by atoms with van der Waals surface area (Å²) in [5.74, 6) is 0.403. The van der Waals surface area contributed by atoms with Crippen LogP contribution in [-0.2, 0) is 6.18 Å². The van der Waals surface area contributed by atoms with Crippen LogP contribution in [0, 0.1) is 0 Å². The highest BCUT2D eigenvalue weighted by atomic mass is 35.5. The Morgan fingerprint density at radius 3 is 2.43 bits per heavy atom. The van der Waals surface area contributed by atoms with Crippen LogP contribution in [0.4, 0.5) is 35.2 Å². The molecule has 0 unspecified atom stereocenters. The van der Waals surface area contributed by atoms with Crippen LogP contribution >= 0.6 is 22.9 Å². The van der Waals surface area contributed by atoms with Gasteiger partial charge in [0.2, 0.25) is 0 Å². The van der Waals surface area contributed by atoms with Gasteiger partial charge in [0, 0.05) is 56.1 Å². The molecule has 0 aliphatic carbocycles. The number of nitrogen functional groups attached to an aromatic ring is 1. The van der Waals surface area contributed by atoms with Crippen molar-refractivity contribution in [3.63, 3.8) is 0 Å². The molecule has 0 radical (unpaired) electrons. The number of hydrogen-bond acceptors (Lipinski definition) is 5. The van der Waals surface area contributed by atoms with Crippen LogP contribution in [0.5, 0.6) is 0 Å². The highest BCUT2D eigenvalue weighted by molar-refractivity contribution is 7.22. The molecule has 186 valence electrons. The molecule has 0 atom stereocenters. The maximum Gasteiger partial charge on any atom is 0.417 e. The summed E-state index contributed by atoms with van der Waals surface area (Å²) in [6, 6.07) is 15.3. The third-order valence-corrected chi connectivity index (χ3v) is 7.04. The van der Waals surface area contributed by atoms with Crippen molar-refractivity contribution in [1.29, 1.82) is 0 Å². The van der Waals surface area contributed by atoms with Crippen LogP contribution in [0.1, 0.15) is 5.56 Å². The molecule has 37 heavy (non-hydrogen) atoms. The monoisotopic (exact) mass is 539 g/mol. The van der Waals surface area contributed by atoms with E-state index in [1.807, 2.05) is 24.3 Å². The largest absolute Gasteiger partial charge is 0.417 e.